The van der Waals surface area contributed by atoms with Crippen molar-refractivity contribution < 1.29 is 26.4 Å². The van der Waals surface area contributed by atoms with Gasteiger partial charge in [0.1, 0.15) is 5.75 Å². The van der Waals surface area contributed by atoms with Gasteiger partial charge in [0, 0.05) is 25.7 Å². The molecule has 11 heteroatoms. The first-order chi connectivity index (χ1) is 17.1. The number of rotatable bonds is 10. The largest absolute Gasteiger partial charge is 0.495 e. The summed E-state index contributed by atoms with van der Waals surface area (Å²) in [6, 6.07) is 18.4. The number of hydrogen-bond donors (Lipinski definition) is 1. The van der Waals surface area contributed by atoms with Crippen molar-refractivity contribution in [2.75, 3.05) is 36.9 Å². The number of anilines is 2. The van der Waals surface area contributed by atoms with Crippen LogP contribution in [0.15, 0.2) is 82.6 Å². The molecule has 0 bridgehead atoms. The van der Waals surface area contributed by atoms with Gasteiger partial charge in [-0.2, -0.15) is 4.31 Å². The summed E-state index contributed by atoms with van der Waals surface area (Å²) in [7, 11) is -4.87. The van der Waals surface area contributed by atoms with Crippen LogP contribution in [0.3, 0.4) is 0 Å². The first-order valence-corrected chi connectivity index (χ1v) is 14.1. The van der Waals surface area contributed by atoms with Gasteiger partial charge < -0.3 is 10.1 Å². The standard InChI is InChI=1S/C25H29N3O6S2/c1-5-28(6-2)36(32,33)22-15-16-24(34-4)23(18-22)26-25(29)19-11-10-14-21(17-19)35(30,31)27(3)20-12-8-7-9-13-20/h7-18H,5-6H2,1-4H3,(H,26,29). The Bertz CT molecular complexity index is 1440. The molecule has 0 unspecified atom stereocenters. The fraction of sp³-hybridized carbons (Fsp3) is 0.240. The average Bonchev–Trinajstić information content (AvgIpc) is 2.89. The molecule has 0 spiro atoms. The van der Waals surface area contributed by atoms with Gasteiger partial charge in [-0.05, 0) is 48.5 Å². The Morgan fingerprint density at radius 2 is 1.47 bits per heavy atom. The monoisotopic (exact) mass is 531 g/mol. The molecule has 3 aromatic rings. The summed E-state index contributed by atoms with van der Waals surface area (Å²) >= 11 is 0. The van der Waals surface area contributed by atoms with Crippen molar-refractivity contribution in [2.45, 2.75) is 23.6 Å². The molecule has 1 N–H and O–H groups in total. The molecule has 0 atom stereocenters. The molecular weight excluding hydrogens is 502 g/mol. The van der Waals surface area contributed by atoms with Crippen LogP contribution >= 0.6 is 0 Å². The summed E-state index contributed by atoms with van der Waals surface area (Å²) in [4.78, 5) is 13.0. The predicted octanol–water partition coefficient (Wildman–Crippen LogP) is 3.80. The quantitative estimate of drug-likeness (QED) is 0.426. The highest BCUT2D eigenvalue weighted by molar-refractivity contribution is 7.92. The Morgan fingerprint density at radius 1 is 0.833 bits per heavy atom. The molecule has 0 aromatic heterocycles. The molecule has 3 rings (SSSR count). The number of hydrogen-bond acceptors (Lipinski definition) is 6. The SMILES string of the molecule is CCN(CC)S(=O)(=O)c1ccc(OC)c(NC(=O)c2cccc(S(=O)(=O)N(C)c3ccccc3)c2)c1. The van der Waals surface area contributed by atoms with E-state index < -0.39 is 26.0 Å². The summed E-state index contributed by atoms with van der Waals surface area (Å²) < 4.78 is 59.9. The van der Waals surface area contributed by atoms with Crippen molar-refractivity contribution in [1.82, 2.24) is 4.31 Å². The van der Waals surface area contributed by atoms with Gasteiger partial charge >= 0.3 is 0 Å². The molecule has 0 radical (unpaired) electrons. The molecule has 0 saturated heterocycles. The lowest BCUT2D eigenvalue weighted by Gasteiger charge is -2.20. The number of amides is 1. The van der Waals surface area contributed by atoms with E-state index in [-0.39, 0.29) is 26.8 Å². The second-order valence-electron chi connectivity index (χ2n) is 7.74. The number of nitrogens with one attached hydrogen (secondary N) is 1. The highest BCUT2D eigenvalue weighted by Crippen LogP contribution is 2.30. The van der Waals surface area contributed by atoms with Crippen LogP contribution in [-0.4, -0.2) is 54.3 Å². The van der Waals surface area contributed by atoms with Gasteiger partial charge in [0.15, 0.2) is 0 Å². The van der Waals surface area contributed by atoms with Crippen LogP contribution in [0, 0.1) is 0 Å². The van der Waals surface area contributed by atoms with E-state index in [1.165, 1.54) is 60.9 Å². The van der Waals surface area contributed by atoms with Crippen molar-refractivity contribution in [3.05, 3.63) is 78.4 Å². The second-order valence-corrected chi connectivity index (χ2v) is 11.6. The molecule has 0 aliphatic heterocycles. The lowest BCUT2D eigenvalue weighted by atomic mass is 10.2. The number of carbonyl (C=O) groups is 1. The maximum absolute atomic E-state index is 13.1. The summed E-state index contributed by atoms with van der Waals surface area (Å²) in [5.41, 5.74) is 0.699. The van der Waals surface area contributed by atoms with Crippen LogP contribution in [0.4, 0.5) is 11.4 Å². The highest BCUT2D eigenvalue weighted by Gasteiger charge is 2.25. The topological polar surface area (TPSA) is 113 Å². The number of carbonyl (C=O) groups excluding carboxylic acids is 1. The van der Waals surface area contributed by atoms with Gasteiger partial charge in [-0.3, -0.25) is 9.10 Å². The van der Waals surface area contributed by atoms with Gasteiger partial charge in [-0.25, -0.2) is 16.8 Å². The van der Waals surface area contributed by atoms with Crippen LogP contribution in [0.5, 0.6) is 5.75 Å². The van der Waals surface area contributed by atoms with E-state index in [0.717, 1.165) is 4.31 Å². The molecule has 192 valence electrons. The van der Waals surface area contributed by atoms with Crippen molar-refractivity contribution in [2.24, 2.45) is 0 Å². The zero-order chi connectivity index (χ0) is 26.5. The smallest absolute Gasteiger partial charge is 0.264 e. The number of benzene rings is 3. The predicted molar refractivity (Wildman–Crippen MR) is 140 cm³/mol. The minimum absolute atomic E-state index is 0.00288. The lowest BCUT2D eigenvalue weighted by molar-refractivity contribution is 0.102. The highest BCUT2D eigenvalue weighted by atomic mass is 32.2. The fourth-order valence-corrected chi connectivity index (χ4v) is 6.31. The van der Waals surface area contributed by atoms with Gasteiger partial charge in [0.25, 0.3) is 15.9 Å². The zero-order valence-electron chi connectivity index (χ0n) is 20.5. The van der Waals surface area contributed by atoms with Crippen molar-refractivity contribution in [3.63, 3.8) is 0 Å². The summed E-state index contributed by atoms with van der Waals surface area (Å²) in [6.45, 7) is 4.07. The fourth-order valence-electron chi connectivity index (χ4n) is 3.58. The lowest BCUT2D eigenvalue weighted by Crippen LogP contribution is -2.30. The molecule has 36 heavy (non-hydrogen) atoms. The Morgan fingerprint density at radius 3 is 2.08 bits per heavy atom. The minimum atomic E-state index is -3.93. The van der Waals surface area contributed by atoms with E-state index in [2.05, 4.69) is 5.32 Å². The zero-order valence-corrected chi connectivity index (χ0v) is 22.1. The van der Waals surface area contributed by atoms with Crippen LogP contribution in [0.1, 0.15) is 24.2 Å². The summed E-state index contributed by atoms with van der Waals surface area (Å²) in [5.74, 6) is -0.362. The van der Waals surface area contributed by atoms with Crippen LogP contribution in [0.25, 0.3) is 0 Å². The minimum Gasteiger partial charge on any atom is -0.495 e. The molecule has 9 nitrogen and oxygen atoms in total. The molecular formula is C25H29N3O6S2. The van der Waals surface area contributed by atoms with Crippen LogP contribution in [0.2, 0.25) is 0 Å². The molecule has 1 amide bonds. The van der Waals surface area contributed by atoms with Crippen molar-refractivity contribution >= 4 is 37.3 Å². The van der Waals surface area contributed by atoms with E-state index in [1.54, 1.807) is 44.2 Å². The van der Waals surface area contributed by atoms with Crippen molar-refractivity contribution in [1.29, 1.82) is 0 Å². The van der Waals surface area contributed by atoms with Crippen LogP contribution in [-0.2, 0) is 20.0 Å². The Labute approximate surface area is 212 Å². The van der Waals surface area contributed by atoms with E-state index >= 15 is 0 Å². The van der Waals surface area contributed by atoms with E-state index in [4.69, 9.17) is 4.74 Å². The third-order valence-corrected chi connectivity index (χ3v) is 9.46. The third kappa shape index (κ3) is 5.53. The maximum atomic E-state index is 13.1. The maximum Gasteiger partial charge on any atom is 0.264 e. The van der Waals surface area contributed by atoms with Gasteiger partial charge in [-0.15, -0.1) is 0 Å². The Balaban J connectivity index is 1.93. The average molecular weight is 532 g/mol. The first kappa shape index (κ1) is 27.2. The molecule has 0 saturated carbocycles. The number of nitrogens with zero attached hydrogens (tertiary/aromatic N) is 2. The number of methoxy groups -OCH3 is 1. The Hall–Kier alpha value is -3.41. The van der Waals surface area contributed by atoms with Gasteiger partial charge in [0.2, 0.25) is 10.0 Å². The summed E-state index contributed by atoms with van der Waals surface area (Å²) in [5, 5.41) is 2.65. The molecule has 0 heterocycles. The van der Waals surface area contributed by atoms with Gasteiger partial charge in [0.05, 0.1) is 28.3 Å². The van der Waals surface area contributed by atoms with Crippen LogP contribution < -0.4 is 14.4 Å². The summed E-state index contributed by atoms with van der Waals surface area (Å²) in [6.07, 6.45) is 0. The normalized spacial score (nSPS) is 11.8. The number of sulfonamides is 2. The van der Waals surface area contributed by atoms with E-state index in [1.807, 2.05) is 0 Å². The van der Waals surface area contributed by atoms with Gasteiger partial charge in [-0.1, -0.05) is 38.1 Å². The first-order valence-electron chi connectivity index (χ1n) is 11.2. The number of para-hydroxylation sites is 1. The van der Waals surface area contributed by atoms with E-state index in [9.17, 15) is 21.6 Å². The molecule has 0 aliphatic rings. The second kappa shape index (κ2) is 11.1. The van der Waals surface area contributed by atoms with Crippen molar-refractivity contribution in [3.8, 4) is 5.75 Å². The molecule has 0 fully saturated rings. The third-order valence-electron chi connectivity index (χ3n) is 5.64. The molecule has 0 aliphatic carbocycles. The van der Waals surface area contributed by atoms with E-state index in [0.29, 0.717) is 18.8 Å². The number of ether oxygens (including phenoxy) is 1. The molecule has 3 aromatic carbocycles. The Kier molecular flexibility index (Phi) is 8.39.